The van der Waals surface area contributed by atoms with Crippen molar-refractivity contribution in [1.29, 1.82) is 0 Å². The van der Waals surface area contributed by atoms with Crippen molar-refractivity contribution in [2.45, 2.75) is 13.3 Å². The van der Waals surface area contributed by atoms with Crippen molar-refractivity contribution < 1.29 is 0 Å². The van der Waals surface area contributed by atoms with E-state index in [1.807, 2.05) is 0 Å². The van der Waals surface area contributed by atoms with Gasteiger partial charge in [0.15, 0.2) is 0 Å². The lowest BCUT2D eigenvalue weighted by molar-refractivity contribution is 1.01. The molecule has 1 heteroatoms. The second kappa shape index (κ2) is 1.30. The average molecular weight is 99.2 g/mol. The monoisotopic (exact) mass is 99.0 g/mol. The maximum Gasteiger partial charge on any atom is 0.0117 e. The predicted molar refractivity (Wildman–Crippen MR) is 30.7 cm³/mol. The van der Waals surface area contributed by atoms with E-state index >= 15 is 0 Å². The lowest BCUT2D eigenvalue weighted by Crippen LogP contribution is -1.67. The van der Waals surface area contributed by atoms with Gasteiger partial charge in [0, 0.05) is 5.92 Å². The van der Waals surface area contributed by atoms with Gasteiger partial charge in [-0.3, -0.25) is 0 Å². The van der Waals surface area contributed by atoms with Crippen LogP contribution < -0.4 is 0 Å². The van der Waals surface area contributed by atoms with Crippen molar-refractivity contribution >= 4 is 17.6 Å². The van der Waals surface area contributed by atoms with Crippen LogP contribution in [0.4, 0.5) is 0 Å². The lowest BCUT2D eigenvalue weighted by Gasteiger charge is -1.69. The average Bonchev–Trinajstić information content (AvgIpc) is 2.19. The largest absolute Gasteiger partial charge is 0.0928 e. The molecule has 1 aliphatic rings. The van der Waals surface area contributed by atoms with Gasteiger partial charge in [-0.15, -0.1) is 0 Å². The molecule has 1 fully saturated rings. The summed E-state index contributed by atoms with van der Waals surface area (Å²) in [7, 11) is 0. The van der Waals surface area contributed by atoms with E-state index in [1.165, 1.54) is 12.3 Å². The van der Waals surface area contributed by atoms with Gasteiger partial charge in [0.05, 0.1) is 0 Å². The number of hydrogen-bond donors (Lipinski definition) is 0. The van der Waals surface area contributed by atoms with E-state index < -0.39 is 0 Å². The van der Waals surface area contributed by atoms with Gasteiger partial charge < -0.3 is 0 Å². The van der Waals surface area contributed by atoms with Crippen LogP contribution in [-0.2, 0) is 0 Å². The number of thiocarbonyl (C=S) groups is 1. The van der Waals surface area contributed by atoms with Gasteiger partial charge in [-0.25, -0.2) is 0 Å². The summed E-state index contributed by atoms with van der Waals surface area (Å²) in [5.41, 5.74) is 0. The SMILES string of the molecule is CC1C[C]1C=S. The van der Waals surface area contributed by atoms with E-state index in [0.29, 0.717) is 0 Å². The summed E-state index contributed by atoms with van der Waals surface area (Å²) in [5.74, 6) is 2.27. The Morgan fingerprint density at radius 3 is 2.50 bits per heavy atom. The molecule has 1 radical (unpaired) electrons. The quantitative estimate of drug-likeness (QED) is 0.450. The van der Waals surface area contributed by atoms with Crippen LogP contribution in [0.5, 0.6) is 0 Å². The summed E-state index contributed by atoms with van der Waals surface area (Å²) >= 11 is 4.65. The predicted octanol–water partition coefficient (Wildman–Crippen LogP) is 1.60. The molecule has 0 bridgehead atoms. The van der Waals surface area contributed by atoms with Crippen molar-refractivity contribution in [3.63, 3.8) is 0 Å². The van der Waals surface area contributed by atoms with Gasteiger partial charge in [0.25, 0.3) is 0 Å². The third-order valence-corrected chi connectivity index (χ3v) is 1.47. The van der Waals surface area contributed by atoms with E-state index in [9.17, 15) is 0 Å². The van der Waals surface area contributed by atoms with Crippen molar-refractivity contribution in [3.8, 4) is 0 Å². The van der Waals surface area contributed by atoms with E-state index in [4.69, 9.17) is 0 Å². The van der Waals surface area contributed by atoms with E-state index in [1.54, 1.807) is 5.37 Å². The van der Waals surface area contributed by atoms with Gasteiger partial charge in [0.2, 0.25) is 0 Å². The zero-order valence-corrected chi connectivity index (χ0v) is 4.59. The molecule has 1 saturated carbocycles. The van der Waals surface area contributed by atoms with Crippen LogP contribution in [0.3, 0.4) is 0 Å². The molecule has 0 aromatic rings. The molecule has 1 aliphatic carbocycles. The fourth-order valence-corrected chi connectivity index (χ4v) is 0.787. The highest BCUT2D eigenvalue weighted by Crippen LogP contribution is 2.38. The Morgan fingerprint density at radius 2 is 2.50 bits per heavy atom. The maximum atomic E-state index is 4.65. The van der Waals surface area contributed by atoms with Crippen molar-refractivity contribution in [2.24, 2.45) is 5.92 Å². The molecule has 0 heterocycles. The molecule has 0 amide bonds. The topological polar surface area (TPSA) is 0 Å². The first-order valence-electron chi connectivity index (χ1n) is 2.15. The maximum absolute atomic E-state index is 4.65. The van der Waals surface area contributed by atoms with E-state index in [0.717, 1.165) is 5.92 Å². The first-order valence-corrected chi connectivity index (χ1v) is 2.62. The minimum Gasteiger partial charge on any atom is -0.0928 e. The van der Waals surface area contributed by atoms with Gasteiger partial charge in [-0.1, -0.05) is 19.1 Å². The molecule has 0 nitrogen and oxygen atoms in total. The highest BCUT2D eigenvalue weighted by Gasteiger charge is 2.30. The van der Waals surface area contributed by atoms with Gasteiger partial charge >= 0.3 is 0 Å². The summed E-state index contributed by atoms with van der Waals surface area (Å²) in [6.45, 7) is 2.19. The normalized spacial score (nSPS) is 33.2. The van der Waals surface area contributed by atoms with E-state index in [2.05, 4.69) is 19.1 Å². The van der Waals surface area contributed by atoms with Crippen molar-refractivity contribution in [1.82, 2.24) is 0 Å². The molecule has 1 rings (SSSR count). The minimum atomic E-state index is 0.822. The molecule has 0 spiro atoms. The molecule has 1 atom stereocenters. The molecule has 0 aliphatic heterocycles. The second-order valence-electron chi connectivity index (χ2n) is 1.80. The molecular formula is C5H7S. The Kier molecular flexibility index (Phi) is 0.922. The summed E-state index contributed by atoms with van der Waals surface area (Å²) in [6, 6.07) is 0. The minimum absolute atomic E-state index is 0.822. The standard InChI is InChI=1S/C5H7S/c1-4-2-5(4)3-6/h3-4H,2H2,1H3. The molecule has 0 saturated heterocycles. The Hall–Kier alpha value is 0.0900. The molecule has 33 valence electrons. The molecule has 0 N–H and O–H groups in total. The third-order valence-electron chi connectivity index (χ3n) is 1.17. The Bertz CT molecular complexity index is 68.3. The molecule has 0 aromatic heterocycles. The lowest BCUT2D eigenvalue weighted by atomic mass is 10.4. The highest BCUT2D eigenvalue weighted by atomic mass is 32.1. The first-order chi connectivity index (χ1) is 2.84. The van der Waals surface area contributed by atoms with Crippen LogP contribution in [0, 0.1) is 11.8 Å². The van der Waals surface area contributed by atoms with Crippen molar-refractivity contribution in [3.05, 3.63) is 5.92 Å². The van der Waals surface area contributed by atoms with Crippen LogP contribution in [0.1, 0.15) is 13.3 Å². The van der Waals surface area contributed by atoms with E-state index in [-0.39, 0.29) is 0 Å². The summed E-state index contributed by atoms with van der Waals surface area (Å²) in [6.07, 6.45) is 1.25. The zero-order valence-electron chi connectivity index (χ0n) is 3.77. The van der Waals surface area contributed by atoms with Gasteiger partial charge in [-0.05, 0) is 17.7 Å². The molecule has 6 heavy (non-hydrogen) atoms. The Labute approximate surface area is 43.6 Å². The second-order valence-corrected chi connectivity index (χ2v) is 2.03. The smallest absolute Gasteiger partial charge is 0.0117 e. The fraction of sp³-hybridized carbons (Fsp3) is 0.600. The highest BCUT2D eigenvalue weighted by molar-refractivity contribution is 7.79. The Balaban J connectivity index is 2.25. The summed E-state index contributed by atoms with van der Waals surface area (Å²) in [5, 5.41) is 1.80. The zero-order chi connectivity index (χ0) is 4.57. The van der Waals surface area contributed by atoms with Crippen molar-refractivity contribution in [2.75, 3.05) is 0 Å². The number of rotatable bonds is 1. The van der Waals surface area contributed by atoms with Gasteiger partial charge in [0.1, 0.15) is 0 Å². The summed E-state index contributed by atoms with van der Waals surface area (Å²) in [4.78, 5) is 0. The Morgan fingerprint density at radius 1 is 2.00 bits per heavy atom. The third kappa shape index (κ3) is 0.597. The van der Waals surface area contributed by atoms with Crippen LogP contribution in [-0.4, -0.2) is 5.37 Å². The van der Waals surface area contributed by atoms with Crippen LogP contribution in [0.25, 0.3) is 0 Å². The first kappa shape index (κ1) is 4.25. The molecule has 0 aromatic carbocycles. The number of hydrogen-bond acceptors (Lipinski definition) is 1. The summed E-state index contributed by atoms with van der Waals surface area (Å²) < 4.78 is 0. The van der Waals surface area contributed by atoms with Crippen LogP contribution in [0.2, 0.25) is 0 Å². The van der Waals surface area contributed by atoms with Crippen LogP contribution >= 0.6 is 12.2 Å². The van der Waals surface area contributed by atoms with Gasteiger partial charge in [-0.2, -0.15) is 0 Å². The fourth-order valence-electron chi connectivity index (χ4n) is 0.459. The van der Waals surface area contributed by atoms with Crippen LogP contribution in [0.15, 0.2) is 0 Å². The molecular weight excluding hydrogens is 92.1 g/mol. The molecule has 1 unspecified atom stereocenters.